The Morgan fingerprint density at radius 3 is 2.50 bits per heavy atom. The Kier molecular flexibility index (Phi) is 6.67. The van der Waals surface area contributed by atoms with Crippen LogP contribution in [0.25, 0.3) is 0 Å². The first kappa shape index (κ1) is 23.9. The number of rotatable bonds is 6. The summed E-state index contributed by atoms with van der Waals surface area (Å²) in [5.41, 5.74) is 3.41. The van der Waals surface area contributed by atoms with E-state index in [0.29, 0.717) is 33.9 Å². The minimum Gasteiger partial charge on any atom is -0.450 e. The lowest BCUT2D eigenvalue weighted by molar-refractivity contribution is -0.117. The van der Waals surface area contributed by atoms with Crippen LogP contribution in [0.3, 0.4) is 0 Å². The second-order valence-electron chi connectivity index (χ2n) is 8.68. The highest BCUT2D eigenvalue weighted by Gasteiger charge is 2.26. The molecule has 0 saturated carbocycles. The number of fused-ring (bicyclic) bond motifs is 1. The fourth-order valence-corrected chi connectivity index (χ4v) is 4.41. The molecule has 1 amide bonds. The number of benzene rings is 2. The van der Waals surface area contributed by atoms with Gasteiger partial charge in [-0.25, -0.2) is 4.98 Å². The normalized spacial score (nSPS) is 16.0. The van der Waals surface area contributed by atoms with Gasteiger partial charge in [0, 0.05) is 50.3 Å². The monoisotopic (exact) mass is 505 g/mol. The summed E-state index contributed by atoms with van der Waals surface area (Å²) in [6.07, 6.45) is 1.54. The zero-order chi connectivity index (χ0) is 25.2. The molecule has 2 aliphatic heterocycles. The molecule has 186 valence electrons. The standard InChI is InChI=1S/C26H28ClN7O2/c1-4-33-11-13-34(14-12-33)20-8-5-18(6-9-20)30-26-28-16-21(27)24(31-26)29-19-7-10-23-22(15-19)32(3)25(35)17(2)36-23/h5-10,15-16H,2,4,11-14H2,1,3H3,(H2,28,29,30,31). The molecular formula is C26H28ClN7O2. The predicted octanol–water partition coefficient (Wildman–Crippen LogP) is 4.63. The largest absolute Gasteiger partial charge is 0.450 e. The van der Waals surface area contributed by atoms with Crippen molar-refractivity contribution in [2.24, 2.45) is 0 Å². The molecular weight excluding hydrogens is 478 g/mol. The van der Waals surface area contributed by atoms with Gasteiger partial charge in [0.2, 0.25) is 5.95 Å². The third-order valence-electron chi connectivity index (χ3n) is 6.41. The van der Waals surface area contributed by atoms with Gasteiger partial charge >= 0.3 is 0 Å². The molecule has 2 aromatic carbocycles. The molecule has 9 nitrogen and oxygen atoms in total. The number of likely N-dealkylation sites (N-methyl/N-ethyl adjacent to an activating group) is 2. The van der Waals surface area contributed by atoms with Crippen LogP contribution in [0.15, 0.2) is 61.0 Å². The topological polar surface area (TPSA) is 85.9 Å². The summed E-state index contributed by atoms with van der Waals surface area (Å²) in [5, 5.41) is 6.82. The number of nitrogens with zero attached hydrogens (tertiary/aromatic N) is 5. The van der Waals surface area contributed by atoms with Gasteiger partial charge in [-0.2, -0.15) is 4.98 Å². The summed E-state index contributed by atoms with van der Waals surface area (Å²) in [6, 6.07) is 13.7. The van der Waals surface area contributed by atoms with Crippen molar-refractivity contribution in [2.45, 2.75) is 6.92 Å². The number of hydrogen-bond donors (Lipinski definition) is 2. The number of amides is 1. The Bertz CT molecular complexity index is 1290. The Morgan fingerprint density at radius 2 is 1.78 bits per heavy atom. The molecule has 2 N–H and O–H groups in total. The highest BCUT2D eigenvalue weighted by molar-refractivity contribution is 6.32. The number of carbonyl (C=O) groups is 1. The van der Waals surface area contributed by atoms with Crippen LogP contribution in [0.5, 0.6) is 5.75 Å². The van der Waals surface area contributed by atoms with Crippen LogP contribution in [0.2, 0.25) is 5.02 Å². The quantitative estimate of drug-likeness (QED) is 0.469. The van der Waals surface area contributed by atoms with Crippen molar-refractivity contribution in [3.63, 3.8) is 0 Å². The molecule has 3 heterocycles. The van der Waals surface area contributed by atoms with Crippen LogP contribution >= 0.6 is 11.6 Å². The van der Waals surface area contributed by atoms with Crippen LogP contribution in [0.1, 0.15) is 6.92 Å². The van der Waals surface area contributed by atoms with E-state index in [2.05, 4.69) is 56.0 Å². The first-order chi connectivity index (χ1) is 17.4. The lowest BCUT2D eigenvalue weighted by Crippen LogP contribution is -2.46. The number of hydrogen-bond acceptors (Lipinski definition) is 8. The summed E-state index contributed by atoms with van der Waals surface area (Å²) >= 11 is 6.37. The van der Waals surface area contributed by atoms with Gasteiger partial charge in [-0.15, -0.1) is 0 Å². The Hall–Kier alpha value is -3.82. The molecule has 3 aromatic rings. The minimum absolute atomic E-state index is 0.0902. The van der Waals surface area contributed by atoms with E-state index in [1.807, 2.05) is 18.2 Å². The molecule has 5 rings (SSSR count). The fraction of sp³-hybridized carbons (Fsp3) is 0.269. The summed E-state index contributed by atoms with van der Waals surface area (Å²) in [7, 11) is 1.68. The number of nitrogens with one attached hydrogen (secondary N) is 2. The van der Waals surface area contributed by atoms with E-state index in [0.717, 1.165) is 38.4 Å². The van der Waals surface area contributed by atoms with Crippen LogP contribution in [0.4, 0.5) is 34.5 Å². The first-order valence-electron chi connectivity index (χ1n) is 11.8. The summed E-state index contributed by atoms with van der Waals surface area (Å²) in [6.45, 7) is 11.2. The SMILES string of the molecule is C=C1Oc2ccc(Nc3nc(Nc4ccc(N5CCN(CC)CC5)cc4)ncc3Cl)cc2N(C)C1=O. The maximum atomic E-state index is 12.2. The zero-order valence-electron chi connectivity index (χ0n) is 20.3. The van der Waals surface area contributed by atoms with Crippen LogP contribution < -0.4 is 25.2 Å². The molecule has 0 spiro atoms. The first-order valence-corrected chi connectivity index (χ1v) is 12.2. The molecule has 1 saturated heterocycles. The van der Waals surface area contributed by atoms with Crippen molar-refractivity contribution in [3.8, 4) is 5.75 Å². The summed E-state index contributed by atoms with van der Waals surface area (Å²) in [5.74, 6) is 1.21. The van der Waals surface area contributed by atoms with Crippen molar-refractivity contribution in [2.75, 3.05) is 60.2 Å². The van der Waals surface area contributed by atoms with Gasteiger partial charge in [-0.05, 0) is 49.0 Å². The smallest absolute Gasteiger partial charge is 0.293 e. The number of ether oxygens (including phenoxy) is 1. The Balaban J connectivity index is 1.28. The van der Waals surface area contributed by atoms with Crippen LogP contribution in [-0.4, -0.2) is 60.5 Å². The van der Waals surface area contributed by atoms with E-state index in [1.54, 1.807) is 25.4 Å². The van der Waals surface area contributed by atoms with Gasteiger partial charge in [0.1, 0.15) is 5.02 Å². The van der Waals surface area contributed by atoms with E-state index < -0.39 is 0 Å². The lowest BCUT2D eigenvalue weighted by Gasteiger charge is -2.35. The van der Waals surface area contributed by atoms with Gasteiger partial charge in [0.05, 0.1) is 11.9 Å². The van der Waals surface area contributed by atoms with Gasteiger partial charge < -0.3 is 30.1 Å². The van der Waals surface area contributed by atoms with Gasteiger partial charge in [-0.3, -0.25) is 4.79 Å². The molecule has 0 bridgehead atoms. The minimum atomic E-state index is -0.291. The van der Waals surface area contributed by atoms with Crippen molar-refractivity contribution < 1.29 is 9.53 Å². The van der Waals surface area contributed by atoms with Gasteiger partial charge in [-0.1, -0.05) is 25.1 Å². The van der Waals surface area contributed by atoms with Crippen molar-refractivity contribution in [1.82, 2.24) is 14.9 Å². The third kappa shape index (κ3) is 4.93. The van der Waals surface area contributed by atoms with E-state index in [-0.39, 0.29) is 11.7 Å². The van der Waals surface area contributed by atoms with Gasteiger partial charge in [0.15, 0.2) is 17.3 Å². The zero-order valence-corrected chi connectivity index (χ0v) is 21.0. The van der Waals surface area contributed by atoms with Crippen LogP contribution in [0, 0.1) is 0 Å². The van der Waals surface area contributed by atoms with Crippen molar-refractivity contribution in [3.05, 3.63) is 66.0 Å². The third-order valence-corrected chi connectivity index (χ3v) is 6.69. The molecule has 2 aliphatic rings. The predicted molar refractivity (Wildman–Crippen MR) is 144 cm³/mol. The van der Waals surface area contributed by atoms with Gasteiger partial charge in [0.25, 0.3) is 5.91 Å². The average Bonchev–Trinajstić information content (AvgIpc) is 2.90. The highest BCUT2D eigenvalue weighted by Crippen LogP contribution is 2.37. The van der Waals surface area contributed by atoms with E-state index in [9.17, 15) is 4.79 Å². The number of anilines is 6. The summed E-state index contributed by atoms with van der Waals surface area (Å²) < 4.78 is 5.51. The lowest BCUT2D eigenvalue weighted by atomic mass is 10.2. The number of halogens is 1. The Labute approximate surface area is 215 Å². The fourth-order valence-electron chi connectivity index (χ4n) is 4.28. The molecule has 1 aromatic heterocycles. The Morgan fingerprint density at radius 1 is 1.06 bits per heavy atom. The summed E-state index contributed by atoms with van der Waals surface area (Å²) in [4.78, 5) is 27.4. The molecule has 0 radical (unpaired) electrons. The van der Waals surface area contributed by atoms with E-state index >= 15 is 0 Å². The highest BCUT2D eigenvalue weighted by atomic mass is 35.5. The molecule has 1 fully saturated rings. The maximum Gasteiger partial charge on any atom is 0.293 e. The van der Waals surface area contributed by atoms with E-state index in [1.165, 1.54) is 10.6 Å². The van der Waals surface area contributed by atoms with E-state index in [4.69, 9.17) is 16.3 Å². The average molecular weight is 506 g/mol. The molecule has 0 unspecified atom stereocenters. The second kappa shape index (κ2) is 10.0. The number of carbonyl (C=O) groups excluding carboxylic acids is 1. The molecule has 36 heavy (non-hydrogen) atoms. The maximum absolute atomic E-state index is 12.2. The second-order valence-corrected chi connectivity index (χ2v) is 9.09. The molecule has 0 atom stereocenters. The van der Waals surface area contributed by atoms with Crippen molar-refractivity contribution >= 4 is 52.0 Å². The molecule has 0 aliphatic carbocycles. The number of piperazine rings is 1. The van der Waals surface area contributed by atoms with Crippen LogP contribution in [-0.2, 0) is 4.79 Å². The number of aromatic nitrogens is 2. The molecule has 10 heteroatoms. The van der Waals surface area contributed by atoms with Crippen molar-refractivity contribution in [1.29, 1.82) is 0 Å².